The van der Waals surface area contributed by atoms with Crippen molar-refractivity contribution in [1.29, 1.82) is 0 Å². The van der Waals surface area contributed by atoms with Crippen LogP contribution in [-0.4, -0.2) is 38.8 Å². The molecule has 4 rings (SSSR count). The van der Waals surface area contributed by atoms with Crippen LogP contribution >= 0.6 is 23.1 Å². The normalized spacial score (nSPS) is 14.4. The van der Waals surface area contributed by atoms with E-state index in [9.17, 15) is 13.2 Å². The molecule has 1 saturated heterocycles. The molecular weight excluding hydrogens is 464 g/mol. The first kappa shape index (κ1) is 22.8. The van der Waals surface area contributed by atoms with Gasteiger partial charge in [0.1, 0.15) is 10.6 Å². The molecule has 1 aromatic heterocycles. The number of methoxy groups -OCH3 is 1. The molecule has 1 amide bonds. The van der Waals surface area contributed by atoms with Crippen LogP contribution in [-0.2, 0) is 15.8 Å². The monoisotopic (exact) mass is 488 g/mol. The number of benzene rings is 2. The number of para-hydroxylation sites is 1. The van der Waals surface area contributed by atoms with Gasteiger partial charge in [-0.05, 0) is 65.6 Å². The molecule has 1 N–H and O–H groups in total. The lowest BCUT2D eigenvalue weighted by Gasteiger charge is -2.18. The average Bonchev–Trinajstić information content (AvgIpc) is 3.52. The van der Waals surface area contributed by atoms with E-state index in [0.717, 1.165) is 23.5 Å². The summed E-state index contributed by atoms with van der Waals surface area (Å²) in [6.45, 7) is 0.966. The van der Waals surface area contributed by atoms with Gasteiger partial charge in [-0.25, -0.2) is 8.42 Å². The summed E-state index contributed by atoms with van der Waals surface area (Å²) in [5.41, 5.74) is 2.19. The fourth-order valence-corrected chi connectivity index (χ4v) is 6.94. The number of nitrogens with zero attached hydrogens (tertiary/aromatic N) is 1. The zero-order valence-electron chi connectivity index (χ0n) is 17.6. The van der Waals surface area contributed by atoms with Crippen LogP contribution in [0.2, 0.25) is 0 Å². The lowest BCUT2D eigenvalue weighted by Crippen LogP contribution is -2.28. The number of hydrogen-bond donors (Lipinski definition) is 1. The van der Waals surface area contributed by atoms with E-state index < -0.39 is 10.0 Å². The molecule has 0 spiro atoms. The molecule has 1 fully saturated rings. The predicted octanol–water partition coefficient (Wildman–Crippen LogP) is 5.09. The Balaban J connectivity index is 1.57. The number of thiophene rings is 1. The van der Waals surface area contributed by atoms with E-state index in [4.69, 9.17) is 4.74 Å². The third kappa shape index (κ3) is 5.01. The summed E-state index contributed by atoms with van der Waals surface area (Å²) in [6.07, 6.45) is 1.67. The standard InChI is InChI=1S/C23H24N2O4S3/c1-29-20-9-8-18(14-22(20)32(27,28)25-11-4-5-12-25)23(26)24-19-6-2-3-7-21(19)31-16-17-10-13-30-15-17/h2-3,6-10,13-15H,4-5,11-12,16H2,1H3,(H,24,26). The number of rotatable bonds is 8. The number of hydrogen-bond acceptors (Lipinski definition) is 6. The molecule has 0 radical (unpaired) electrons. The van der Waals surface area contributed by atoms with Crippen LogP contribution < -0.4 is 10.1 Å². The first-order valence-corrected chi connectivity index (χ1v) is 13.6. The molecule has 2 heterocycles. The summed E-state index contributed by atoms with van der Waals surface area (Å²) < 4.78 is 33.0. The summed E-state index contributed by atoms with van der Waals surface area (Å²) in [5, 5.41) is 7.08. The number of nitrogens with one attached hydrogen (secondary N) is 1. The zero-order valence-corrected chi connectivity index (χ0v) is 20.1. The number of amides is 1. The Labute approximate surface area is 196 Å². The van der Waals surface area contributed by atoms with Crippen LogP contribution in [0.4, 0.5) is 5.69 Å². The quantitative estimate of drug-likeness (QED) is 0.447. The zero-order chi connectivity index (χ0) is 22.6. The largest absolute Gasteiger partial charge is 0.495 e. The Morgan fingerprint density at radius 2 is 1.94 bits per heavy atom. The minimum Gasteiger partial charge on any atom is -0.495 e. The van der Waals surface area contributed by atoms with Crippen LogP contribution in [0.25, 0.3) is 0 Å². The maximum Gasteiger partial charge on any atom is 0.255 e. The highest BCUT2D eigenvalue weighted by Gasteiger charge is 2.30. The van der Waals surface area contributed by atoms with E-state index in [2.05, 4.69) is 16.8 Å². The molecule has 1 aliphatic heterocycles. The Kier molecular flexibility index (Phi) is 7.20. The Bertz CT molecular complexity index is 1190. The van der Waals surface area contributed by atoms with Gasteiger partial charge in [-0.1, -0.05) is 12.1 Å². The smallest absolute Gasteiger partial charge is 0.255 e. The van der Waals surface area contributed by atoms with E-state index in [1.807, 2.05) is 29.6 Å². The summed E-state index contributed by atoms with van der Waals surface area (Å²) in [6, 6.07) is 14.2. The van der Waals surface area contributed by atoms with Gasteiger partial charge in [0.25, 0.3) is 5.91 Å². The van der Waals surface area contributed by atoms with E-state index in [1.54, 1.807) is 29.2 Å². The lowest BCUT2D eigenvalue weighted by atomic mass is 10.2. The van der Waals surface area contributed by atoms with E-state index in [-0.39, 0.29) is 22.1 Å². The molecule has 9 heteroatoms. The third-order valence-corrected chi connectivity index (χ3v) is 9.01. The highest BCUT2D eigenvalue weighted by atomic mass is 32.2. The molecular formula is C23H24N2O4S3. The molecule has 0 aliphatic carbocycles. The Hall–Kier alpha value is -2.33. The van der Waals surface area contributed by atoms with Crippen molar-refractivity contribution in [2.75, 3.05) is 25.5 Å². The van der Waals surface area contributed by atoms with Gasteiger partial charge in [-0.15, -0.1) is 11.8 Å². The molecule has 2 aromatic carbocycles. The van der Waals surface area contributed by atoms with Crippen molar-refractivity contribution >= 4 is 44.7 Å². The molecule has 0 unspecified atom stereocenters. The maximum absolute atomic E-state index is 13.1. The molecule has 0 atom stereocenters. The summed E-state index contributed by atoms with van der Waals surface area (Å²) >= 11 is 3.30. The fourth-order valence-electron chi connectivity index (χ4n) is 3.51. The van der Waals surface area contributed by atoms with E-state index in [0.29, 0.717) is 18.8 Å². The van der Waals surface area contributed by atoms with Crippen molar-refractivity contribution in [2.45, 2.75) is 28.4 Å². The number of thioether (sulfide) groups is 1. The molecule has 1 aliphatic rings. The van der Waals surface area contributed by atoms with Gasteiger partial charge in [0.05, 0.1) is 12.8 Å². The van der Waals surface area contributed by atoms with E-state index >= 15 is 0 Å². The number of sulfonamides is 1. The molecule has 168 valence electrons. The Morgan fingerprint density at radius 1 is 1.16 bits per heavy atom. The average molecular weight is 489 g/mol. The third-order valence-electron chi connectivity index (χ3n) is 5.22. The maximum atomic E-state index is 13.1. The van der Waals surface area contributed by atoms with Gasteiger partial charge in [0, 0.05) is 29.3 Å². The highest BCUT2D eigenvalue weighted by Crippen LogP contribution is 2.32. The van der Waals surface area contributed by atoms with Crippen LogP contribution in [0.3, 0.4) is 0 Å². The van der Waals surface area contributed by atoms with Crippen molar-refractivity contribution < 1.29 is 17.9 Å². The first-order chi connectivity index (χ1) is 15.5. The SMILES string of the molecule is COc1ccc(C(=O)Nc2ccccc2SCc2ccsc2)cc1S(=O)(=O)N1CCCC1. The Morgan fingerprint density at radius 3 is 2.66 bits per heavy atom. The number of ether oxygens (including phenoxy) is 1. The molecule has 3 aromatic rings. The van der Waals surface area contributed by atoms with Gasteiger partial charge >= 0.3 is 0 Å². The summed E-state index contributed by atoms with van der Waals surface area (Å²) in [5.74, 6) is 0.672. The topological polar surface area (TPSA) is 75.7 Å². The minimum atomic E-state index is -3.73. The van der Waals surface area contributed by atoms with E-state index in [1.165, 1.54) is 29.1 Å². The highest BCUT2D eigenvalue weighted by molar-refractivity contribution is 7.98. The van der Waals surface area contributed by atoms with Crippen molar-refractivity contribution in [2.24, 2.45) is 0 Å². The second-order valence-electron chi connectivity index (χ2n) is 7.35. The molecule has 0 saturated carbocycles. The van der Waals surface area contributed by atoms with Crippen LogP contribution in [0.1, 0.15) is 28.8 Å². The fraction of sp³-hybridized carbons (Fsp3) is 0.261. The van der Waals surface area contributed by atoms with Crippen LogP contribution in [0.5, 0.6) is 5.75 Å². The van der Waals surface area contributed by atoms with Crippen molar-refractivity contribution in [3.05, 3.63) is 70.4 Å². The first-order valence-electron chi connectivity index (χ1n) is 10.2. The van der Waals surface area contributed by atoms with Gasteiger partial charge in [0.2, 0.25) is 10.0 Å². The lowest BCUT2D eigenvalue weighted by molar-refractivity contribution is 0.102. The second kappa shape index (κ2) is 10.1. The van der Waals surface area contributed by atoms with Crippen molar-refractivity contribution in [3.63, 3.8) is 0 Å². The number of anilines is 1. The second-order valence-corrected chi connectivity index (χ2v) is 11.1. The van der Waals surface area contributed by atoms with Crippen LogP contribution in [0.15, 0.2) is 69.1 Å². The predicted molar refractivity (Wildman–Crippen MR) is 129 cm³/mol. The van der Waals surface area contributed by atoms with Crippen LogP contribution in [0, 0.1) is 0 Å². The van der Waals surface area contributed by atoms with Crippen molar-refractivity contribution in [1.82, 2.24) is 4.31 Å². The molecule has 6 nitrogen and oxygen atoms in total. The van der Waals surface area contributed by atoms with Gasteiger partial charge in [-0.3, -0.25) is 4.79 Å². The number of carbonyl (C=O) groups excluding carboxylic acids is 1. The summed E-state index contributed by atoms with van der Waals surface area (Å²) in [7, 11) is -2.30. The van der Waals surface area contributed by atoms with Gasteiger partial charge < -0.3 is 10.1 Å². The van der Waals surface area contributed by atoms with Gasteiger partial charge in [0.15, 0.2) is 0 Å². The van der Waals surface area contributed by atoms with Crippen molar-refractivity contribution in [3.8, 4) is 5.75 Å². The summed E-state index contributed by atoms with van der Waals surface area (Å²) in [4.78, 5) is 14.0. The minimum absolute atomic E-state index is 0.0228. The number of carbonyl (C=O) groups is 1. The molecule has 0 bridgehead atoms. The van der Waals surface area contributed by atoms with Gasteiger partial charge in [-0.2, -0.15) is 15.6 Å². The molecule has 32 heavy (non-hydrogen) atoms.